The zero-order valence-electron chi connectivity index (χ0n) is 50.9. The third-order valence-electron chi connectivity index (χ3n) is 18.5. The van der Waals surface area contributed by atoms with E-state index in [9.17, 15) is 0 Å². The predicted octanol–water partition coefficient (Wildman–Crippen LogP) is 26.1. The van der Waals surface area contributed by atoms with Crippen LogP contribution in [0.4, 0.5) is 34.1 Å². The first-order valence-corrected chi connectivity index (χ1v) is 32.7. The van der Waals surface area contributed by atoms with Gasteiger partial charge < -0.3 is 9.80 Å². The van der Waals surface area contributed by atoms with Gasteiger partial charge in [0.25, 0.3) is 0 Å². The van der Waals surface area contributed by atoms with Crippen LogP contribution >= 0.6 is 11.3 Å². The number of nitrogens with zero attached hydrogens (tertiary/aromatic N) is 2. The highest BCUT2D eigenvalue weighted by molar-refractivity contribution is 7.26. The van der Waals surface area contributed by atoms with Crippen LogP contribution in [0.1, 0.15) is 0 Å². The summed E-state index contributed by atoms with van der Waals surface area (Å²) >= 11 is 1.88. The standard InChI is InChI=1S/C90H60N2S/c1-3-19-64(20-4-1)80-56-57-81(85-31-12-11-30-84(80)85)68-44-53-74(54-45-68)91(73-51-42-67(43-52-73)79-32-16-25-65-23-9-10-28-78(65)79)77-27-15-26-72(59-77)82-29-13-14-35-88(82)92(75-47-38-62(39-48-75)70-37-36-61-18-7-8-24-69(61)58-70)76-49-40-63(41-50-76)71-46-55-86-87-34-17-33-83(66-21-5-2-6-22-66)90(87)93-89(86)60-71/h1-60H. The summed E-state index contributed by atoms with van der Waals surface area (Å²) in [6.07, 6.45) is 0. The molecule has 0 aliphatic rings. The molecule has 0 bridgehead atoms. The summed E-state index contributed by atoms with van der Waals surface area (Å²) in [5.74, 6) is 0. The van der Waals surface area contributed by atoms with Gasteiger partial charge in [-0.15, -0.1) is 11.3 Å². The second kappa shape index (κ2) is 23.8. The molecule has 16 aromatic carbocycles. The highest BCUT2D eigenvalue weighted by Gasteiger charge is 2.22. The summed E-state index contributed by atoms with van der Waals surface area (Å²) in [5.41, 5.74) is 23.0. The molecule has 3 heteroatoms. The van der Waals surface area contributed by atoms with Crippen molar-refractivity contribution >= 4 is 98.0 Å². The zero-order chi connectivity index (χ0) is 61.6. The molecule has 0 atom stereocenters. The fourth-order valence-electron chi connectivity index (χ4n) is 13.9. The van der Waals surface area contributed by atoms with Crippen molar-refractivity contribution in [1.29, 1.82) is 0 Å². The van der Waals surface area contributed by atoms with Crippen LogP contribution in [-0.4, -0.2) is 0 Å². The van der Waals surface area contributed by atoms with E-state index in [0.717, 1.165) is 50.8 Å². The number of para-hydroxylation sites is 1. The first-order chi connectivity index (χ1) is 46.1. The van der Waals surface area contributed by atoms with E-state index in [0.29, 0.717) is 0 Å². The van der Waals surface area contributed by atoms with Crippen LogP contribution in [0, 0.1) is 0 Å². The van der Waals surface area contributed by atoms with E-state index < -0.39 is 0 Å². The second-order valence-corrected chi connectivity index (χ2v) is 25.0. The molecule has 0 N–H and O–H groups in total. The number of anilines is 6. The van der Waals surface area contributed by atoms with Gasteiger partial charge in [0.2, 0.25) is 0 Å². The maximum absolute atomic E-state index is 2.43. The number of benzene rings is 16. The van der Waals surface area contributed by atoms with Gasteiger partial charge >= 0.3 is 0 Å². The lowest BCUT2D eigenvalue weighted by Crippen LogP contribution is -2.12. The Bertz CT molecular complexity index is 5590. The highest BCUT2D eigenvalue weighted by atomic mass is 32.1. The van der Waals surface area contributed by atoms with Gasteiger partial charge in [-0.2, -0.15) is 0 Å². The van der Waals surface area contributed by atoms with Crippen molar-refractivity contribution in [1.82, 2.24) is 0 Å². The summed E-state index contributed by atoms with van der Waals surface area (Å²) in [5, 5.41) is 9.99. The van der Waals surface area contributed by atoms with Crippen molar-refractivity contribution in [2.75, 3.05) is 9.80 Å². The summed E-state index contributed by atoms with van der Waals surface area (Å²) in [6, 6.07) is 134. The van der Waals surface area contributed by atoms with Crippen LogP contribution in [0.3, 0.4) is 0 Å². The fraction of sp³-hybridized carbons (Fsp3) is 0. The summed E-state index contributed by atoms with van der Waals surface area (Å²) < 4.78 is 2.60. The first kappa shape index (κ1) is 55.2. The van der Waals surface area contributed by atoms with E-state index in [1.165, 1.54) is 114 Å². The Morgan fingerprint density at radius 3 is 1.26 bits per heavy atom. The van der Waals surface area contributed by atoms with E-state index in [2.05, 4.69) is 374 Å². The van der Waals surface area contributed by atoms with Crippen molar-refractivity contribution in [3.8, 4) is 77.9 Å². The molecule has 0 spiro atoms. The Morgan fingerprint density at radius 2 is 0.602 bits per heavy atom. The summed E-state index contributed by atoms with van der Waals surface area (Å²) in [6.45, 7) is 0. The third kappa shape index (κ3) is 10.4. The van der Waals surface area contributed by atoms with E-state index in [1.54, 1.807) is 0 Å². The maximum atomic E-state index is 2.43. The Balaban J connectivity index is 0.766. The van der Waals surface area contributed by atoms with Crippen molar-refractivity contribution in [3.05, 3.63) is 364 Å². The van der Waals surface area contributed by atoms with Gasteiger partial charge in [-0.3, -0.25) is 0 Å². The van der Waals surface area contributed by atoms with Gasteiger partial charge in [-0.25, -0.2) is 0 Å². The smallest absolute Gasteiger partial charge is 0.0540 e. The van der Waals surface area contributed by atoms with Crippen molar-refractivity contribution in [2.45, 2.75) is 0 Å². The molecule has 0 saturated carbocycles. The Kier molecular flexibility index (Phi) is 14.1. The lowest BCUT2D eigenvalue weighted by Gasteiger charge is -2.29. The summed E-state index contributed by atoms with van der Waals surface area (Å²) in [7, 11) is 0. The zero-order valence-corrected chi connectivity index (χ0v) is 51.8. The Hall–Kier alpha value is -11.9. The molecule has 17 rings (SSSR count). The number of hydrogen-bond acceptors (Lipinski definition) is 3. The SMILES string of the molecule is c1ccc(-c2ccc(-c3ccc(N(c4ccc(-c5cccc6ccccc56)cc4)c4cccc(-c5ccccc5N(c5ccc(-c6ccc7ccccc7c6)cc5)c5ccc(-c6ccc7c(c6)sc6c(-c8ccccc8)cccc67)cc5)c4)cc3)c3ccccc23)cc1. The molecule has 436 valence electrons. The Morgan fingerprint density at radius 1 is 0.183 bits per heavy atom. The fourth-order valence-corrected chi connectivity index (χ4v) is 15.2. The molecular weight excluding hydrogens is 1140 g/mol. The molecule has 1 heterocycles. The quantitative estimate of drug-likeness (QED) is 0.114. The molecule has 0 amide bonds. The molecule has 0 aliphatic carbocycles. The van der Waals surface area contributed by atoms with Crippen LogP contribution in [-0.2, 0) is 0 Å². The van der Waals surface area contributed by atoms with E-state index in [-0.39, 0.29) is 0 Å². The predicted molar refractivity (Wildman–Crippen MR) is 399 cm³/mol. The van der Waals surface area contributed by atoms with Gasteiger partial charge in [0.05, 0.1) is 5.69 Å². The van der Waals surface area contributed by atoms with Crippen LogP contribution in [0.2, 0.25) is 0 Å². The van der Waals surface area contributed by atoms with Crippen LogP contribution in [0.5, 0.6) is 0 Å². The molecule has 0 aliphatic heterocycles. The van der Waals surface area contributed by atoms with Gasteiger partial charge in [0.15, 0.2) is 0 Å². The third-order valence-corrected chi connectivity index (χ3v) is 19.7. The number of rotatable bonds is 13. The van der Waals surface area contributed by atoms with Gasteiger partial charge in [0, 0.05) is 54.2 Å². The monoisotopic (exact) mass is 1200 g/mol. The van der Waals surface area contributed by atoms with Crippen LogP contribution < -0.4 is 9.80 Å². The lowest BCUT2D eigenvalue weighted by atomic mass is 9.92. The van der Waals surface area contributed by atoms with E-state index >= 15 is 0 Å². The minimum Gasteiger partial charge on any atom is -0.310 e. The number of thiophene rings is 1. The van der Waals surface area contributed by atoms with Gasteiger partial charge in [-0.05, 0) is 184 Å². The average Bonchev–Trinajstić information content (AvgIpc) is 1.71. The minimum atomic E-state index is 1.05. The van der Waals surface area contributed by atoms with Crippen molar-refractivity contribution in [2.24, 2.45) is 0 Å². The van der Waals surface area contributed by atoms with Gasteiger partial charge in [-0.1, -0.05) is 285 Å². The van der Waals surface area contributed by atoms with Gasteiger partial charge in [0.1, 0.15) is 0 Å². The van der Waals surface area contributed by atoms with Crippen LogP contribution in [0.25, 0.3) is 130 Å². The normalized spacial score (nSPS) is 11.4. The van der Waals surface area contributed by atoms with Crippen molar-refractivity contribution in [3.63, 3.8) is 0 Å². The molecule has 1 aromatic heterocycles. The van der Waals surface area contributed by atoms with E-state index in [1.807, 2.05) is 11.3 Å². The maximum Gasteiger partial charge on any atom is 0.0540 e. The first-order valence-electron chi connectivity index (χ1n) is 31.9. The number of fused-ring (bicyclic) bond motifs is 6. The molecule has 93 heavy (non-hydrogen) atoms. The van der Waals surface area contributed by atoms with Crippen molar-refractivity contribution < 1.29 is 0 Å². The molecule has 0 fully saturated rings. The molecule has 17 aromatic rings. The molecule has 2 nitrogen and oxygen atoms in total. The van der Waals surface area contributed by atoms with E-state index in [4.69, 9.17) is 0 Å². The molecule has 0 saturated heterocycles. The molecule has 0 radical (unpaired) electrons. The molecular formula is C90H60N2S. The summed E-state index contributed by atoms with van der Waals surface area (Å²) in [4.78, 5) is 4.83. The molecule has 0 unspecified atom stereocenters. The Labute approximate surface area is 546 Å². The van der Waals surface area contributed by atoms with Crippen LogP contribution in [0.15, 0.2) is 364 Å². The number of hydrogen-bond donors (Lipinski definition) is 0. The minimum absolute atomic E-state index is 1.05. The second-order valence-electron chi connectivity index (χ2n) is 23.9. The lowest BCUT2D eigenvalue weighted by molar-refractivity contribution is 1.27. The highest BCUT2D eigenvalue weighted by Crippen LogP contribution is 2.47. The topological polar surface area (TPSA) is 6.48 Å². The average molecular weight is 1200 g/mol. The largest absolute Gasteiger partial charge is 0.310 e.